The largest absolute Gasteiger partial charge is 0.422 e. The first kappa shape index (κ1) is 14.1. The van der Waals surface area contributed by atoms with Gasteiger partial charge in [-0.1, -0.05) is 24.3 Å². The molecule has 20 heavy (non-hydrogen) atoms. The van der Waals surface area contributed by atoms with Crippen molar-refractivity contribution in [2.45, 2.75) is 26.8 Å². The summed E-state index contributed by atoms with van der Waals surface area (Å²) in [4.78, 5) is 16.3. The number of carbonyl (C=O) groups is 1. The lowest BCUT2D eigenvalue weighted by molar-refractivity contribution is 0.0727. The van der Waals surface area contributed by atoms with Crippen LogP contribution in [0.1, 0.15) is 29.9 Å². The number of aromatic nitrogens is 1. The Kier molecular flexibility index (Phi) is 4.35. The van der Waals surface area contributed by atoms with E-state index in [1.54, 1.807) is 18.2 Å². The van der Waals surface area contributed by atoms with Crippen molar-refractivity contribution >= 4 is 11.8 Å². The highest BCUT2D eigenvalue weighted by molar-refractivity contribution is 5.89. The van der Waals surface area contributed by atoms with Gasteiger partial charge >= 0.3 is 5.97 Å². The second-order valence-corrected chi connectivity index (χ2v) is 4.86. The van der Waals surface area contributed by atoms with Crippen LogP contribution in [0.5, 0.6) is 5.75 Å². The summed E-state index contributed by atoms with van der Waals surface area (Å²) in [6, 6.07) is 12.9. The van der Waals surface area contributed by atoms with E-state index in [-0.39, 0.29) is 6.04 Å². The van der Waals surface area contributed by atoms with E-state index in [1.165, 1.54) is 0 Å². The van der Waals surface area contributed by atoms with Gasteiger partial charge in [0.1, 0.15) is 11.6 Å². The van der Waals surface area contributed by atoms with Gasteiger partial charge in [-0.15, -0.1) is 0 Å². The molecule has 2 aromatic rings. The smallest absolute Gasteiger partial charge is 0.362 e. The number of hydrogen-bond acceptors (Lipinski definition) is 4. The minimum Gasteiger partial charge on any atom is -0.422 e. The first-order valence-corrected chi connectivity index (χ1v) is 6.57. The number of benzene rings is 1. The number of nitrogens with zero attached hydrogens (tertiary/aromatic N) is 1. The standard InChI is InChI=1S/C16H18N2O2/c1-11(2)17-15-10-6-8-13(18-15)16(19)20-14-9-5-4-7-12(14)3/h4-11H,1-3H3,(H,17,18). The van der Waals surface area contributed by atoms with E-state index >= 15 is 0 Å². The highest BCUT2D eigenvalue weighted by atomic mass is 16.5. The van der Waals surface area contributed by atoms with Gasteiger partial charge in [0, 0.05) is 6.04 Å². The van der Waals surface area contributed by atoms with Crippen LogP contribution in [0.4, 0.5) is 5.82 Å². The average Bonchev–Trinajstić information content (AvgIpc) is 2.41. The molecule has 0 saturated carbocycles. The van der Waals surface area contributed by atoms with Crippen LogP contribution in [0.25, 0.3) is 0 Å². The number of rotatable bonds is 4. The molecule has 0 saturated heterocycles. The molecule has 4 heteroatoms. The number of nitrogens with one attached hydrogen (secondary N) is 1. The fourth-order valence-electron chi connectivity index (χ4n) is 1.75. The molecule has 0 fully saturated rings. The quantitative estimate of drug-likeness (QED) is 0.683. The zero-order valence-electron chi connectivity index (χ0n) is 11.9. The molecule has 1 aromatic heterocycles. The van der Waals surface area contributed by atoms with E-state index in [4.69, 9.17) is 4.74 Å². The third-order valence-electron chi connectivity index (χ3n) is 2.69. The summed E-state index contributed by atoms with van der Waals surface area (Å²) >= 11 is 0. The van der Waals surface area contributed by atoms with Crippen molar-refractivity contribution in [3.63, 3.8) is 0 Å². The van der Waals surface area contributed by atoms with Crippen LogP contribution in [-0.4, -0.2) is 17.0 Å². The van der Waals surface area contributed by atoms with Crippen LogP contribution in [0.15, 0.2) is 42.5 Å². The average molecular weight is 270 g/mol. The topological polar surface area (TPSA) is 51.2 Å². The van der Waals surface area contributed by atoms with Gasteiger partial charge in [0.2, 0.25) is 0 Å². The van der Waals surface area contributed by atoms with Crippen molar-refractivity contribution in [1.29, 1.82) is 0 Å². The van der Waals surface area contributed by atoms with E-state index in [9.17, 15) is 4.79 Å². The molecule has 1 heterocycles. The summed E-state index contributed by atoms with van der Waals surface area (Å²) in [6.07, 6.45) is 0. The molecule has 104 valence electrons. The predicted molar refractivity (Wildman–Crippen MR) is 79.1 cm³/mol. The van der Waals surface area contributed by atoms with Crippen molar-refractivity contribution in [1.82, 2.24) is 4.98 Å². The Morgan fingerprint density at radius 1 is 1.15 bits per heavy atom. The lowest BCUT2D eigenvalue weighted by Crippen LogP contribution is -2.15. The van der Waals surface area contributed by atoms with Crippen molar-refractivity contribution in [3.05, 3.63) is 53.7 Å². The monoisotopic (exact) mass is 270 g/mol. The van der Waals surface area contributed by atoms with Gasteiger partial charge in [0.15, 0.2) is 5.69 Å². The fourth-order valence-corrected chi connectivity index (χ4v) is 1.75. The molecule has 1 aromatic carbocycles. The number of pyridine rings is 1. The van der Waals surface area contributed by atoms with E-state index in [1.807, 2.05) is 45.0 Å². The van der Waals surface area contributed by atoms with E-state index in [2.05, 4.69) is 10.3 Å². The third-order valence-corrected chi connectivity index (χ3v) is 2.69. The fraction of sp³-hybridized carbons (Fsp3) is 0.250. The Morgan fingerprint density at radius 3 is 2.60 bits per heavy atom. The molecule has 0 spiro atoms. The van der Waals surface area contributed by atoms with Crippen LogP contribution >= 0.6 is 0 Å². The van der Waals surface area contributed by atoms with Crippen molar-refractivity contribution < 1.29 is 9.53 Å². The maximum absolute atomic E-state index is 12.1. The SMILES string of the molecule is Cc1ccccc1OC(=O)c1cccc(NC(C)C)n1. The van der Waals surface area contributed by atoms with E-state index < -0.39 is 5.97 Å². The first-order chi connectivity index (χ1) is 9.56. The Morgan fingerprint density at radius 2 is 1.90 bits per heavy atom. The number of ether oxygens (including phenoxy) is 1. The summed E-state index contributed by atoms with van der Waals surface area (Å²) in [7, 11) is 0. The normalized spacial score (nSPS) is 10.4. The highest BCUT2D eigenvalue weighted by Crippen LogP contribution is 2.18. The van der Waals surface area contributed by atoms with Crippen LogP contribution in [0.3, 0.4) is 0 Å². The van der Waals surface area contributed by atoms with E-state index in [0.29, 0.717) is 17.3 Å². The summed E-state index contributed by atoms with van der Waals surface area (Å²) < 4.78 is 5.36. The molecule has 0 atom stereocenters. The van der Waals surface area contributed by atoms with Crippen LogP contribution in [0.2, 0.25) is 0 Å². The Hall–Kier alpha value is -2.36. The lowest BCUT2D eigenvalue weighted by Gasteiger charge is -2.10. The minimum absolute atomic E-state index is 0.255. The third kappa shape index (κ3) is 3.57. The molecule has 0 aliphatic carbocycles. The molecule has 4 nitrogen and oxygen atoms in total. The molecular weight excluding hydrogens is 252 g/mol. The van der Waals surface area contributed by atoms with Crippen LogP contribution < -0.4 is 10.1 Å². The van der Waals surface area contributed by atoms with Gasteiger partial charge < -0.3 is 10.1 Å². The Balaban J connectivity index is 2.15. The van der Waals surface area contributed by atoms with E-state index in [0.717, 1.165) is 5.56 Å². The lowest BCUT2D eigenvalue weighted by atomic mass is 10.2. The van der Waals surface area contributed by atoms with Gasteiger partial charge in [0.25, 0.3) is 0 Å². The van der Waals surface area contributed by atoms with Crippen LogP contribution in [0, 0.1) is 6.92 Å². The molecular formula is C16H18N2O2. The minimum atomic E-state index is -0.452. The van der Waals surface area contributed by atoms with Gasteiger partial charge in [0.05, 0.1) is 0 Å². The molecule has 0 amide bonds. The number of carbonyl (C=O) groups excluding carboxylic acids is 1. The molecule has 2 rings (SSSR count). The van der Waals surface area contributed by atoms with Crippen molar-refractivity contribution in [3.8, 4) is 5.75 Å². The summed E-state index contributed by atoms with van der Waals surface area (Å²) in [5.41, 5.74) is 1.20. The highest BCUT2D eigenvalue weighted by Gasteiger charge is 2.12. The summed E-state index contributed by atoms with van der Waals surface area (Å²) in [6.45, 7) is 5.92. The zero-order chi connectivity index (χ0) is 14.5. The van der Waals surface area contributed by atoms with Gasteiger partial charge in [-0.25, -0.2) is 9.78 Å². The summed E-state index contributed by atoms with van der Waals surface area (Å²) in [5, 5.41) is 3.16. The first-order valence-electron chi connectivity index (χ1n) is 6.57. The van der Waals surface area contributed by atoms with Crippen molar-refractivity contribution in [2.24, 2.45) is 0 Å². The van der Waals surface area contributed by atoms with Gasteiger partial charge in [-0.05, 0) is 44.5 Å². The molecule has 0 aliphatic rings. The molecule has 0 radical (unpaired) electrons. The summed E-state index contributed by atoms with van der Waals surface area (Å²) in [5.74, 6) is 0.771. The predicted octanol–water partition coefficient (Wildman–Crippen LogP) is 3.43. The van der Waals surface area contributed by atoms with Gasteiger partial charge in [-0.2, -0.15) is 0 Å². The number of para-hydroxylation sites is 1. The zero-order valence-corrected chi connectivity index (χ0v) is 11.9. The molecule has 0 aliphatic heterocycles. The number of esters is 1. The second-order valence-electron chi connectivity index (χ2n) is 4.86. The van der Waals surface area contributed by atoms with Crippen molar-refractivity contribution in [2.75, 3.05) is 5.32 Å². The molecule has 0 bridgehead atoms. The number of anilines is 1. The number of aryl methyl sites for hydroxylation is 1. The maximum atomic E-state index is 12.1. The number of hydrogen-bond donors (Lipinski definition) is 1. The maximum Gasteiger partial charge on any atom is 0.362 e. The Bertz CT molecular complexity index is 609. The molecule has 1 N–H and O–H groups in total. The van der Waals surface area contributed by atoms with Gasteiger partial charge in [-0.3, -0.25) is 0 Å². The Labute approximate surface area is 118 Å². The second kappa shape index (κ2) is 6.19. The molecule has 0 unspecified atom stereocenters. The van der Waals surface area contributed by atoms with Crippen LogP contribution in [-0.2, 0) is 0 Å².